The lowest BCUT2D eigenvalue weighted by atomic mass is 10.1. The number of sulfonamides is 1. The lowest BCUT2D eigenvalue weighted by Gasteiger charge is -2.11. The van der Waals surface area contributed by atoms with Crippen molar-refractivity contribution in [2.24, 2.45) is 0 Å². The lowest BCUT2D eigenvalue weighted by Crippen LogP contribution is -2.14. The van der Waals surface area contributed by atoms with Gasteiger partial charge in [-0.05, 0) is 41.8 Å². The number of aliphatic hydroxyl groups is 1. The molecule has 6 nitrogen and oxygen atoms in total. The van der Waals surface area contributed by atoms with Crippen LogP contribution in [0.3, 0.4) is 0 Å². The first-order chi connectivity index (χ1) is 13.4. The van der Waals surface area contributed by atoms with Crippen molar-refractivity contribution in [2.45, 2.75) is 24.3 Å². The van der Waals surface area contributed by atoms with Crippen LogP contribution in [0.1, 0.15) is 25.1 Å². The van der Waals surface area contributed by atoms with Crippen molar-refractivity contribution in [3.05, 3.63) is 83.8 Å². The van der Waals surface area contributed by atoms with Crippen LogP contribution >= 0.6 is 0 Å². The van der Waals surface area contributed by atoms with Crippen LogP contribution in [0, 0.1) is 6.57 Å². The number of hydrogen-bond acceptors (Lipinski definition) is 4. The van der Waals surface area contributed by atoms with E-state index in [-0.39, 0.29) is 10.7 Å². The van der Waals surface area contributed by atoms with Gasteiger partial charge < -0.3 is 5.11 Å². The monoisotopic (exact) mass is 393 g/mol. The van der Waals surface area contributed by atoms with Gasteiger partial charge in [0.15, 0.2) is 5.69 Å². The summed E-state index contributed by atoms with van der Waals surface area (Å²) in [6.07, 6.45) is -0.250. The minimum atomic E-state index is -3.81. The van der Waals surface area contributed by atoms with Crippen LogP contribution in [0.15, 0.2) is 71.6 Å². The van der Waals surface area contributed by atoms with Crippen molar-refractivity contribution in [1.82, 2.24) is 4.98 Å². The van der Waals surface area contributed by atoms with Crippen LogP contribution in [-0.4, -0.2) is 18.5 Å². The minimum Gasteiger partial charge on any atom is -0.387 e. The number of aliphatic hydroxyl groups excluding tert-OH is 1. The van der Waals surface area contributed by atoms with E-state index < -0.39 is 16.1 Å². The number of nitrogens with zero attached hydrogens (tertiary/aromatic N) is 2. The highest BCUT2D eigenvalue weighted by atomic mass is 32.2. The molecule has 0 radical (unpaired) electrons. The second-order valence-corrected chi connectivity index (χ2v) is 7.84. The number of rotatable bonds is 6. The van der Waals surface area contributed by atoms with E-state index in [4.69, 9.17) is 6.57 Å². The van der Waals surface area contributed by atoms with Gasteiger partial charge in [-0.25, -0.2) is 18.2 Å². The standard InChI is InChI=1S/C21H19N3O3S/c1-3-20(25)19-5-4-6-21(23-19)24-28(26,27)18-13-9-16(10-14-18)15-7-11-17(22-2)12-8-15/h4-14,20,25H,3H2,1H3,(H,23,24). The lowest BCUT2D eigenvalue weighted by molar-refractivity contribution is 0.169. The summed E-state index contributed by atoms with van der Waals surface area (Å²) in [6, 6.07) is 18.4. The van der Waals surface area contributed by atoms with E-state index in [1.165, 1.54) is 18.2 Å². The second kappa shape index (κ2) is 8.21. The summed E-state index contributed by atoms with van der Waals surface area (Å²) >= 11 is 0. The molecule has 0 amide bonds. The minimum absolute atomic E-state index is 0.109. The molecule has 0 saturated heterocycles. The summed E-state index contributed by atoms with van der Waals surface area (Å²) in [6.45, 7) is 8.81. The second-order valence-electron chi connectivity index (χ2n) is 6.16. The van der Waals surface area contributed by atoms with E-state index in [0.29, 0.717) is 17.8 Å². The normalized spacial score (nSPS) is 12.2. The number of aromatic nitrogens is 1. The fraction of sp³-hybridized carbons (Fsp3) is 0.143. The highest BCUT2D eigenvalue weighted by molar-refractivity contribution is 7.92. The first kappa shape index (κ1) is 19.5. The Bertz CT molecular complexity index is 1100. The Morgan fingerprint density at radius 2 is 1.64 bits per heavy atom. The maximum Gasteiger partial charge on any atom is 0.263 e. The summed E-state index contributed by atoms with van der Waals surface area (Å²) in [7, 11) is -3.81. The van der Waals surface area contributed by atoms with Gasteiger partial charge in [0.1, 0.15) is 5.82 Å². The molecule has 28 heavy (non-hydrogen) atoms. The van der Waals surface area contributed by atoms with Gasteiger partial charge in [0, 0.05) is 0 Å². The highest BCUT2D eigenvalue weighted by Crippen LogP contribution is 2.25. The Morgan fingerprint density at radius 1 is 1.04 bits per heavy atom. The zero-order valence-electron chi connectivity index (χ0n) is 15.2. The molecule has 0 aliphatic rings. The third-order valence-electron chi connectivity index (χ3n) is 4.23. The third-order valence-corrected chi connectivity index (χ3v) is 5.60. The predicted molar refractivity (Wildman–Crippen MR) is 108 cm³/mol. The largest absolute Gasteiger partial charge is 0.387 e. The Morgan fingerprint density at radius 3 is 2.21 bits per heavy atom. The molecule has 0 aliphatic carbocycles. The molecular formula is C21H19N3O3S. The van der Waals surface area contributed by atoms with Crippen LogP contribution in [0.2, 0.25) is 0 Å². The SMILES string of the molecule is [C-]#[N+]c1ccc(-c2ccc(S(=O)(=O)Nc3cccc(C(O)CC)n3)cc2)cc1. The fourth-order valence-electron chi connectivity index (χ4n) is 2.65. The van der Waals surface area contributed by atoms with E-state index in [0.717, 1.165) is 11.1 Å². The number of pyridine rings is 1. The fourth-order valence-corrected chi connectivity index (χ4v) is 3.66. The van der Waals surface area contributed by atoms with Gasteiger partial charge in [0.25, 0.3) is 10.0 Å². The average Bonchev–Trinajstić information content (AvgIpc) is 2.73. The maximum atomic E-state index is 12.6. The molecule has 1 aromatic heterocycles. The van der Waals surface area contributed by atoms with Crippen molar-refractivity contribution in [3.8, 4) is 11.1 Å². The van der Waals surface area contributed by atoms with E-state index in [2.05, 4.69) is 14.6 Å². The summed E-state index contributed by atoms with van der Waals surface area (Å²) in [5, 5.41) is 9.88. The summed E-state index contributed by atoms with van der Waals surface area (Å²) in [5.41, 5.74) is 2.71. The molecule has 142 valence electrons. The van der Waals surface area contributed by atoms with Crippen molar-refractivity contribution in [1.29, 1.82) is 0 Å². The van der Waals surface area contributed by atoms with Crippen molar-refractivity contribution < 1.29 is 13.5 Å². The molecule has 1 unspecified atom stereocenters. The van der Waals surface area contributed by atoms with Crippen LogP contribution in [0.25, 0.3) is 16.0 Å². The summed E-state index contributed by atoms with van der Waals surface area (Å²) in [5.74, 6) is 0.156. The van der Waals surface area contributed by atoms with E-state index in [9.17, 15) is 13.5 Å². The topological polar surface area (TPSA) is 83.7 Å². The molecule has 3 aromatic rings. The van der Waals surface area contributed by atoms with Crippen LogP contribution in [0.4, 0.5) is 11.5 Å². The molecule has 0 bridgehead atoms. The van der Waals surface area contributed by atoms with E-state index >= 15 is 0 Å². The molecule has 0 saturated carbocycles. The molecular weight excluding hydrogens is 374 g/mol. The molecule has 3 rings (SSSR count). The van der Waals surface area contributed by atoms with Crippen LogP contribution < -0.4 is 4.72 Å². The van der Waals surface area contributed by atoms with E-state index in [1.807, 2.05) is 19.1 Å². The van der Waals surface area contributed by atoms with Gasteiger partial charge in [0.2, 0.25) is 0 Å². The molecule has 2 aromatic carbocycles. The van der Waals surface area contributed by atoms with Gasteiger partial charge in [-0.15, -0.1) is 0 Å². The molecule has 0 spiro atoms. The van der Waals surface area contributed by atoms with Crippen molar-refractivity contribution in [3.63, 3.8) is 0 Å². The van der Waals surface area contributed by atoms with Crippen LogP contribution in [0.5, 0.6) is 0 Å². The first-order valence-electron chi connectivity index (χ1n) is 8.68. The number of hydrogen-bond donors (Lipinski definition) is 2. The zero-order valence-corrected chi connectivity index (χ0v) is 16.0. The zero-order chi connectivity index (χ0) is 20.1. The Balaban J connectivity index is 1.81. The Labute approximate surface area is 164 Å². The number of anilines is 1. The smallest absolute Gasteiger partial charge is 0.263 e. The van der Waals surface area contributed by atoms with Crippen molar-refractivity contribution in [2.75, 3.05) is 4.72 Å². The molecule has 2 N–H and O–H groups in total. The number of nitrogens with one attached hydrogen (secondary N) is 1. The van der Waals surface area contributed by atoms with Gasteiger partial charge >= 0.3 is 0 Å². The first-order valence-corrected chi connectivity index (χ1v) is 10.2. The molecule has 0 aliphatic heterocycles. The van der Waals surface area contributed by atoms with Gasteiger partial charge in [-0.2, -0.15) is 0 Å². The highest BCUT2D eigenvalue weighted by Gasteiger charge is 2.16. The molecule has 1 heterocycles. The third kappa shape index (κ3) is 4.36. The Hall–Kier alpha value is -3.21. The van der Waals surface area contributed by atoms with Crippen molar-refractivity contribution >= 4 is 21.5 Å². The summed E-state index contributed by atoms with van der Waals surface area (Å²) < 4.78 is 27.7. The number of benzene rings is 2. The quantitative estimate of drug-likeness (QED) is 0.602. The maximum absolute atomic E-state index is 12.6. The average molecular weight is 393 g/mol. The predicted octanol–water partition coefficient (Wildman–Crippen LogP) is 4.54. The molecule has 7 heteroatoms. The Kier molecular flexibility index (Phi) is 5.73. The summed E-state index contributed by atoms with van der Waals surface area (Å²) in [4.78, 5) is 7.63. The molecule has 0 fully saturated rings. The van der Waals surface area contributed by atoms with Gasteiger partial charge in [-0.1, -0.05) is 49.4 Å². The van der Waals surface area contributed by atoms with Gasteiger partial charge in [0.05, 0.1) is 23.3 Å². The van der Waals surface area contributed by atoms with E-state index in [1.54, 1.807) is 36.4 Å². The molecule has 1 atom stereocenters. The van der Waals surface area contributed by atoms with Gasteiger partial charge in [-0.3, -0.25) is 4.72 Å². The van der Waals surface area contributed by atoms with Crippen LogP contribution in [-0.2, 0) is 10.0 Å².